The van der Waals surface area contributed by atoms with Crippen molar-refractivity contribution in [2.24, 2.45) is 0 Å². The lowest BCUT2D eigenvalue weighted by Crippen LogP contribution is -2.48. The molecule has 2 aliphatic rings. The zero-order valence-electron chi connectivity index (χ0n) is 13.8. The first kappa shape index (κ1) is 15.3. The summed E-state index contributed by atoms with van der Waals surface area (Å²) in [5.74, 6) is 2.32. The molecule has 0 radical (unpaired) electrons. The van der Waals surface area contributed by atoms with E-state index in [4.69, 9.17) is 9.84 Å². The first-order chi connectivity index (χ1) is 11.7. The SMILES string of the molecule is COCC(=O)NC1CCCN(c2ccc3nnc(C4CC4)n3n2)C1. The second-order valence-corrected chi connectivity index (χ2v) is 6.58. The molecule has 0 bridgehead atoms. The fourth-order valence-electron chi connectivity index (χ4n) is 3.26. The van der Waals surface area contributed by atoms with E-state index in [1.54, 1.807) is 0 Å². The van der Waals surface area contributed by atoms with Gasteiger partial charge < -0.3 is 15.0 Å². The quantitative estimate of drug-likeness (QED) is 0.870. The number of carbonyl (C=O) groups is 1. The van der Waals surface area contributed by atoms with Gasteiger partial charge in [-0.2, -0.15) is 4.52 Å². The maximum atomic E-state index is 11.7. The van der Waals surface area contributed by atoms with Crippen molar-refractivity contribution in [3.8, 4) is 0 Å². The van der Waals surface area contributed by atoms with Gasteiger partial charge in [-0.15, -0.1) is 15.3 Å². The van der Waals surface area contributed by atoms with Crippen molar-refractivity contribution >= 4 is 17.4 Å². The highest BCUT2D eigenvalue weighted by atomic mass is 16.5. The van der Waals surface area contributed by atoms with Crippen molar-refractivity contribution < 1.29 is 9.53 Å². The Morgan fingerprint density at radius 3 is 3.00 bits per heavy atom. The third-order valence-corrected chi connectivity index (χ3v) is 4.60. The van der Waals surface area contributed by atoms with E-state index in [1.807, 2.05) is 16.6 Å². The highest BCUT2D eigenvalue weighted by Gasteiger charge is 2.30. The summed E-state index contributed by atoms with van der Waals surface area (Å²) >= 11 is 0. The lowest BCUT2D eigenvalue weighted by molar-refractivity contribution is -0.125. The zero-order valence-corrected chi connectivity index (χ0v) is 13.8. The predicted octanol–water partition coefficient (Wildman–Crippen LogP) is 0.733. The number of nitrogens with zero attached hydrogens (tertiary/aromatic N) is 5. The van der Waals surface area contributed by atoms with Crippen molar-refractivity contribution in [1.29, 1.82) is 0 Å². The molecule has 1 N–H and O–H groups in total. The topological polar surface area (TPSA) is 84.6 Å². The number of hydrogen-bond acceptors (Lipinski definition) is 6. The second-order valence-electron chi connectivity index (χ2n) is 6.58. The third kappa shape index (κ3) is 3.06. The lowest BCUT2D eigenvalue weighted by Gasteiger charge is -2.33. The molecule has 1 amide bonds. The average molecular weight is 330 g/mol. The minimum atomic E-state index is -0.0670. The summed E-state index contributed by atoms with van der Waals surface area (Å²) in [5.41, 5.74) is 0.794. The van der Waals surface area contributed by atoms with Crippen molar-refractivity contribution in [2.75, 3.05) is 31.7 Å². The fourth-order valence-corrected chi connectivity index (χ4v) is 3.26. The monoisotopic (exact) mass is 330 g/mol. The van der Waals surface area contributed by atoms with Crippen LogP contribution in [0.3, 0.4) is 0 Å². The van der Waals surface area contributed by atoms with Gasteiger partial charge in [-0.25, -0.2) is 0 Å². The number of hydrogen-bond donors (Lipinski definition) is 1. The van der Waals surface area contributed by atoms with Crippen LogP contribution in [0.4, 0.5) is 5.82 Å². The molecule has 2 fully saturated rings. The smallest absolute Gasteiger partial charge is 0.246 e. The van der Waals surface area contributed by atoms with Gasteiger partial charge in [0, 0.05) is 32.2 Å². The summed E-state index contributed by atoms with van der Waals surface area (Å²) in [4.78, 5) is 13.9. The predicted molar refractivity (Wildman–Crippen MR) is 88.0 cm³/mol. The number of rotatable bonds is 5. The van der Waals surface area contributed by atoms with Crippen LogP contribution in [0.1, 0.15) is 37.4 Å². The molecule has 128 valence electrons. The highest BCUT2D eigenvalue weighted by Crippen LogP contribution is 2.38. The van der Waals surface area contributed by atoms with Crippen LogP contribution < -0.4 is 10.2 Å². The minimum absolute atomic E-state index is 0.0670. The van der Waals surface area contributed by atoms with Crippen LogP contribution in [-0.2, 0) is 9.53 Å². The summed E-state index contributed by atoms with van der Waals surface area (Å²) in [6.45, 7) is 1.80. The summed E-state index contributed by atoms with van der Waals surface area (Å²) in [6.07, 6.45) is 4.34. The summed E-state index contributed by atoms with van der Waals surface area (Å²) in [5, 5.41) is 16.3. The van der Waals surface area contributed by atoms with Crippen LogP contribution in [-0.4, -0.2) is 58.6 Å². The number of piperidine rings is 1. The van der Waals surface area contributed by atoms with Crippen LogP contribution in [0.5, 0.6) is 0 Å². The number of fused-ring (bicyclic) bond motifs is 1. The fraction of sp³-hybridized carbons (Fsp3) is 0.625. The largest absolute Gasteiger partial charge is 0.375 e. The van der Waals surface area contributed by atoms with Crippen LogP contribution in [0.25, 0.3) is 5.65 Å². The summed E-state index contributed by atoms with van der Waals surface area (Å²) < 4.78 is 6.76. The normalized spacial score (nSPS) is 21.2. The Bertz CT molecular complexity index is 741. The van der Waals surface area contributed by atoms with Gasteiger partial charge in [0.25, 0.3) is 0 Å². The van der Waals surface area contributed by atoms with E-state index in [0.29, 0.717) is 5.92 Å². The van der Waals surface area contributed by atoms with Gasteiger partial charge in [0.05, 0.1) is 0 Å². The molecule has 1 aliphatic heterocycles. The molecule has 0 spiro atoms. The Morgan fingerprint density at radius 2 is 2.21 bits per heavy atom. The Balaban J connectivity index is 1.51. The van der Waals surface area contributed by atoms with Crippen LogP contribution in [0.2, 0.25) is 0 Å². The van der Waals surface area contributed by atoms with E-state index in [0.717, 1.165) is 43.2 Å². The Labute approximate surface area is 140 Å². The molecule has 1 saturated heterocycles. The summed E-state index contributed by atoms with van der Waals surface area (Å²) in [6, 6.07) is 4.08. The van der Waals surface area contributed by atoms with Gasteiger partial charge in [-0.1, -0.05) is 0 Å². The molecule has 8 nitrogen and oxygen atoms in total. The molecule has 1 unspecified atom stereocenters. The maximum absolute atomic E-state index is 11.7. The molecular weight excluding hydrogens is 308 g/mol. The van der Waals surface area contributed by atoms with Gasteiger partial charge >= 0.3 is 0 Å². The van der Waals surface area contributed by atoms with E-state index >= 15 is 0 Å². The standard InChI is InChI=1S/C16H22N6O2/c1-24-10-15(23)17-12-3-2-8-21(9-12)14-7-6-13-18-19-16(11-4-5-11)22(13)20-14/h6-7,11-12H,2-5,8-10H2,1H3,(H,17,23). The van der Waals surface area contributed by atoms with E-state index in [1.165, 1.54) is 20.0 Å². The number of amides is 1. The van der Waals surface area contributed by atoms with Crippen molar-refractivity contribution in [3.05, 3.63) is 18.0 Å². The molecule has 24 heavy (non-hydrogen) atoms. The average Bonchev–Trinajstić information content (AvgIpc) is 3.34. The van der Waals surface area contributed by atoms with E-state index in [9.17, 15) is 4.79 Å². The van der Waals surface area contributed by atoms with E-state index in [2.05, 4.69) is 20.4 Å². The maximum Gasteiger partial charge on any atom is 0.246 e. The molecule has 8 heteroatoms. The lowest BCUT2D eigenvalue weighted by atomic mass is 10.1. The number of nitrogens with one attached hydrogen (secondary N) is 1. The molecule has 1 aliphatic carbocycles. The number of carbonyl (C=O) groups excluding carboxylic acids is 1. The Kier molecular flexibility index (Phi) is 4.05. The van der Waals surface area contributed by atoms with Crippen LogP contribution >= 0.6 is 0 Å². The number of anilines is 1. The Morgan fingerprint density at radius 1 is 1.33 bits per heavy atom. The van der Waals surface area contributed by atoms with Gasteiger partial charge in [-0.05, 0) is 37.8 Å². The zero-order chi connectivity index (χ0) is 16.5. The number of ether oxygens (including phenoxy) is 1. The molecule has 3 heterocycles. The van der Waals surface area contributed by atoms with E-state index in [-0.39, 0.29) is 18.6 Å². The Hall–Kier alpha value is -2.22. The molecule has 2 aromatic rings. The van der Waals surface area contributed by atoms with Crippen LogP contribution in [0, 0.1) is 0 Å². The molecule has 1 saturated carbocycles. The highest BCUT2D eigenvalue weighted by molar-refractivity contribution is 5.77. The second kappa shape index (κ2) is 6.35. The van der Waals surface area contributed by atoms with Crippen molar-refractivity contribution in [3.63, 3.8) is 0 Å². The first-order valence-electron chi connectivity index (χ1n) is 8.50. The molecule has 1 atom stereocenters. The third-order valence-electron chi connectivity index (χ3n) is 4.60. The number of methoxy groups -OCH3 is 1. The number of aromatic nitrogens is 4. The first-order valence-corrected chi connectivity index (χ1v) is 8.50. The van der Waals surface area contributed by atoms with Crippen molar-refractivity contribution in [1.82, 2.24) is 25.1 Å². The summed E-state index contributed by atoms with van der Waals surface area (Å²) in [7, 11) is 1.53. The molecule has 0 aromatic carbocycles. The molecular formula is C16H22N6O2. The molecule has 4 rings (SSSR count). The van der Waals surface area contributed by atoms with Gasteiger partial charge in [0.1, 0.15) is 12.4 Å². The van der Waals surface area contributed by atoms with Gasteiger partial charge in [0.15, 0.2) is 11.5 Å². The van der Waals surface area contributed by atoms with E-state index < -0.39 is 0 Å². The van der Waals surface area contributed by atoms with Crippen molar-refractivity contribution in [2.45, 2.75) is 37.6 Å². The minimum Gasteiger partial charge on any atom is -0.375 e. The van der Waals surface area contributed by atoms with Gasteiger partial charge in [0.2, 0.25) is 5.91 Å². The van der Waals surface area contributed by atoms with Crippen LogP contribution in [0.15, 0.2) is 12.1 Å². The van der Waals surface area contributed by atoms with Gasteiger partial charge in [-0.3, -0.25) is 4.79 Å². The molecule has 2 aromatic heterocycles.